The summed E-state index contributed by atoms with van der Waals surface area (Å²) in [5, 5.41) is 11.2. The van der Waals surface area contributed by atoms with Crippen molar-refractivity contribution in [1.29, 1.82) is 0 Å². The first-order valence-electron chi connectivity index (χ1n) is 6.49. The van der Waals surface area contributed by atoms with E-state index in [9.17, 15) is 14.9 Å². The third-order valence-corrected chi connectivity index (χ3v) is 3.77. The molecule has 1 amide bonds. The van der Waals surface area contributed by atoms with Gasteiger partial charge in [-0.3, -0.25) is 14.9 Å². The van der Waals surface area contributed by atoms with Crippen LogP contribution in [0, 0.1) is 16.0 Å². The average molecular weight is 278 g/mol. The summed E-state index contributed by atoms with van der Waals surface area (Å²) in [6.45, 7) is 3.36. The molecule has 0 aliphatic carbocycles. The number of hydrogen-bond acceptors (Lipinski definition) is 5. The van der Waals surface area contributed by atoms with Crippen LogP contribution in [0.5, 0.6) is 0 Å². The Balaban J connectivity index is 2.32. The first-order chi connectivity index (χ1) is 9.40. The molecule has 0 radical (unpaired) electrons. The molecule has 0 bridgehead atoms. The number of nitrogens with zero attached hydrogens (tertiary/aromatic N) is 2. The van der Waals surface area contributed by atoms with Gasteiger partial charge in [0.05, 0.1) is 4.92 Å². The minimum Gasteiger partial charge on any atom is -0.366 e. The first kappa shape index (κ1) is 14.3. The molecule has 1 aliphatic rings. The maximum Gasteiger partial charge on any atom is 0.293 e. The summed E-state index contributed by atoms with van der Waals surface area (Å²) < 4.78 is 0. The molecule has 7 heteroatoms. The molecule has 1 aliphatic heterocycles. The van der Waals surface area contributed by atoms with Gasteiger partial charge in [0, 0.05) is 30.8 Å². The van der Waals surface area contributed by atoms with Gasteiger partial charge < -0.3 is 16.4 Å². The molecule has 1 heterocycles. The fourth-order valence-corrected chi connectivity index (χ4v) is 2.53. The monoisotopic (exact) mass is 278 g/mol. The van der Waals surface area contributed by atoms with Gasteiger partial charge in [-0.05, 0) is 31.4 Å². The summed E-state index contributed by atoms with van der Waals surface area (Å²) in [6.07, 6.45) is 0.909. The van der Waals surface area contributed by atoms with Crippen LogP contribution in [0.3, 0.4) is 0 Å². The maximum atomic E-state index is 11.2. The number of nitrogens with two attached hydrogens (primary N) is 2. The van der Waals surface area contributed by atoms with E-state index >= 15 is 0 Å². The number of carbonyl (C=O) groups is 1. The Hall–Kier alpha value is -2.15. The Kier molecular flexibility index (Phi) is 3.89. The molecular weight excluding hydrogens is 260 g/mol. The normalized spacial score (nSPS) is 19.9. The molecule has 20 heavy (non-hydrogen) atoms. The quantitative estimate of drug-likeness (QED) is 0.626. The maximum absolute atomic E-state index is 11.2. The second-order valence-corrected chi connectivity index (χ2v) is 5.18. The van der Waals surface area contributed by atoms with Crippen LogP contribution in [0.4, 0.5) is 11.4 Å². The van der Waals surface area contributed by atoms with E-state index in [2.05, 4.69) is 0 Å². The van der Waals surface area contributed by atoms with E-state index in [0.29, 0.717) is 18.2 Å². The molecular formula is C13H18N4O3. The van der Waals surface area contributed by atoms with Crippen molar-refractivity contribution >= 4 is 17.3 Å². The van der Waals surface area contributed by atoms with Crippen LogP contribution in [0.2, 0.25) is 0 Å². The molecule has 1 aromatic rings. The van der Waals surface area contributed by atoms with Crippen LogP contribution in [0.1, 0.15) is 23.7 Å². The molecule has 2 atom stereocenters. The molecule has 7 nitrogen and oxygen atoms in total. The zero-order valence-corrected chi connectivity index (χ0v) is 11.3. The molecule has 0 spiro atoms. The van der Waals surface area contributed by atoms with Crippen molar-refractivity contribution < 1.29 is 9.72 Å². The number of nitro benzene ring substituents is 1. The predicted octanol–water partition coefficient (Wildman–Crippen LogP) is 0.867. The number of rotatable bonds is 4. The number of nitro groups is 1. The molecule has 1 saturated heterocycles. The third-order valence-electron chi connectivity index (χ3n) is 3.77. The van der Waals surface area contributed by atoms with Crippen molar-refractivity contribution in [3.8, 4) is 0 Å². The Morgan fingerprint density at radius 2 is 2.25 bits per heavy atom. The van der Waals surface area contributed by atoms with Gasteiger partial charge in [-0.15, -0.1) is 0 Å². The fraction of sp³-hybridized carbons (Fsp3) is 0.462. The van der Waals surface area contributed by atoms with Crippen molar-refractivity contribution in [3.63, 3.8) is 0 Å². The number of hydrogen-bond donors (Lipinski definition) is 2. The highest BCUT2D eigenvalue weighted by Gasteiger charge is 2.29. The number of anilines is 1. The van der Waals surface area contributed by atoms with Crippen LogP contribution < -0.4 is 16.4 Å². The number of benzene rings is 1. The van der Waals surface area contributed by atoms with Crippen LogP contribution in [0.25, 0.3) is 0 Å². The molecule has 0 saturated carbocycles. The smallest absolute Gasteiger partial charge is 0.293 e. The van der Waals surface area contributed by atoms with E-state index in [0.717, 1.165) is 13.0 Å². The highest BCUT2D eigenvalue weighted by atomic mass is 16.6. The van der Waals surface area contributed by atoms with Gasteiger partial charge in [0.25, 0.3) is 5.69 Å². The average Bonchev–Trinajstić information content (AvgIpc) is 2.87. The van der Waals surface area contributed by atoms with E-state index < -0.39 is 10.8 Å². The lowest BCUT2D eigenvalue weighted by molar-refractivity contribution is -0.384. The van der Waals surface area contributed by atoms with Crippen LogP contribution in [-0.2, 0) is 0 Å². The lowest BCUT2D eigenvalue weighted by Crippen LogP contribution is -2.30. The van der Waals surface area contributed by atoms with Crippen molar-refractivity contribution in [2.75, 3.05) is 18.0 Å². The molecule has 2 unspecified atom stereocenters. The zero-order valence-electron chi connectivity index (χ0n) is 11.3. The van der Waals surface area contributed by atoms with Gasteiger partial charge in [-0.25, -0.2) is 0 Å². The Labute approximate surface area is 116 Å². The van der Waals surface area contributed by atoms with Crippen LogP contribution in [0.15, 0.2) is 18.2 Å². The van der Waals surface area contributed by atoms with Gasteiger partial charge in [0.1, 0.15) is 5.69 Å². The predicted molar refractivity (Wildman–Crippen MR) is 75.6 cm³/mol. The second-order valence-electron chi connectivity index (χ2n) is 5.18. The Morgan fingerprint density at radius 1 is 1.55 bits per heavy atom. The summed E-state index contributed by atoms with van der Waals surface area (Å²) in [4.78, 5) is 23.7. The van der Waals surface area contributed by atoms with Gasteiger partial charge in [-0.2, -0.15) is 0 Å². The number of carbonyl (C=O) groups excluding carboxylic acids is 1. The summed E-state index contributed by atoms with van der Waals surface area (Å²) in [5.74, 6) is -0.347. The van der Waals surface area contributed by atoms with E-state index in [-0.39, 0.29) is 17.3 Å². The van der Waals surface area contributed by atoms with Gasteiger partial charge in [0.15, 0.2) is 0 Å². The van der Waals surface area contributed by atoms with Crippen molar-refractivity contribution in [3.05, 3.63) is 33.9 Å². The zero-order chi connectivity index (χ0) is 14.9. The molecule has 1 fully saturated rings. The molecule has 4 N–H and O–H groups in total. The summed E-state index contributed by atoms with van der Waals surface area (Å²) in [6, 6.07) is 4.40. The summed E-state index contributed by atoms with van der Waals surface area (Å²) in [7, 11) is 0. The minimum absolute atomic E-state index is 0.0592. The largest absolute Gasteiger partial charge is 0.366 e. The topological polar surface area (TPSA) is 115 Å². The summed E-state index contributed by atoms with van der Waals surface area (Å²) in [5.41, 5.74) is 11.6. The van der Waals surface area contributed by atoms with Crippen LogP contribution >= 0.6 is 0 Å². The fourth-order valence-electron chi connectivity index (χ4n) is 2.53. The molecule has 108 valence electrons. The minimum atomic E-state index is -0.672. The lowest BCUT2D eigenvalue weighted by Gasteiger charge is -2.20. The van der Waals surface area contributed by atoms with Gasteiger partial charge in [0.2, 0.25) is 5.91 Å². The Morgan fingerprint density at radius 3 is 2.75 bits per heavy atom. The SMILES string of the molecule is CC(N)C1CCN(c2ccc(C(N)=O)cc2[N+](=O)[O-])C1. The second kappa shape index (κ2) is 5.46. The van der Waals surface area contributed by atoms with E-state index in [4.69, 9.17) is 11.5 Å². The van der Waals surface area contributed by atoms with Crippen molar-refractivity contribution in [2.24, 2.45) is 17.4 Å². The van der Waals surface area contributed by atoms with Crippen LogP contribution in [-0.4, -0.2) is 30.0 Å². The number of primary amides is 1. The molecule has 1 aromatic carbocycles. The van der Waals surface area contributed by atoms with Gasteiger partial charge >= 0.3 is 0 Å². The Bertz CT molecular complexity index is 544. The first-order valence-corrected chi connectivity index (χ1v) is 6.49. The number of amides is 1. The standard InChI is InChI=1S/C13H18N4O3/c1-8(14)10-4-5-16(7-10)11-3-2-9(13(15)18)6-12(11)17(19)20/h2-3,6,8,10H,4-5,7,14H2,1H3,(H2,15,18). The highest BCUT2D eigenvalue weighted by Crippen LogP contribution is 2.33. The third kappa shape index (κ3) is 2.72. The van der Waals surface area contributed by atoms with E-state index in [1.165, 1.54) is 12.1 Å². The van der Waals surface area contributed by atoms with E-state index in [1.807, 2.05) is 11.8 Å². The highest BCUT2D eigenvalue weighted by molar-refractivity contribution is 5.94. The van der Waals surface area contributed by atoms with Gasteiger partial charge in [-0.1, -0.05) is 0 Å². The summed E-state index contributed by atoms with van der Waals surface area (Å²) >= 11 is 0. The molecule has 2 rings (SSSR count). The van der Waals surface area contributed by atoms with Crippen molar-refractivity contribution in [1.82, 2.24) is 0 Å². The molecule has 0 aromatic heterocycles. The van der Waals surface area contributed by atoms with E-state index in [1.54, 1.807) is 6.07 Å². The van der Waals surface area contributed by atoms with Crippen molar-refractivity contribution in [2.45, 2.75) is 19.4 Å². The lowest BCUT2D eigenvalue weighted by atomic mass is 10.0.